The van der Waals surface area contributed by atoms with E-state index < -0.39 is 19.7 Å². The van der Waals surface area contributed by atoms with Crippen molar-refractivity contribution in [3.8, 4) is 0 Å². The Balaban J connectivity index is 1.91. The van der Waals surface area contributed by atoms with E-state index >= 15 is 0 Å². The molecule has 0 fully saturated rings. The van der Waals surface area contributed by atoms with Gasteiger partial charge in [0.15, 0.2) is 14.9 Å². The average molecular weight is 347 g/mol. The minimum Gasteiger partial charge on any atom is -0.244 e. The largest absolute Gasteiger partial charge is 0.244 e. The van der Waals surface area contributed by atoms with Crippen molar-refractivity contribution >= 4 is 25.2 Å². The molecule has 23 heavy (non-hydrogen) atoms. The van der Waals surface area contributed by atoms with Crippen LogP contribution >= 0.6 is 0 Å². The molecular weight excluding hydrogens is 334 g/mol. The van der Waals surface area contributed by atoms with Gasteiger partial charge in [0.25, 0.3) is 0 Å². The van der Waals surface area contributed by atoms with Crippen LogP contribution in [0, 0.1) is 0 Å². The van der Waals surface area contributed by atoms with E-state index in [0.717, 1.165) is 0 Å². The van der Waals surface area contributed by atoms with Gasteiger partial charge in [-0.25, -0.2) is 21.8 Å². The van der Waals surface area contributed by atoms with Crippen molar-refractivity contribution in [3.63, 3.8) is 0 Å². The first-order chi connectivity index (χ1) is 10.9. The molecule has 0 N–H and O–H groups in total. The van der Waals surface area contributed by atoms with Crippen molar-refractivity contribution in [2.45, 2.75) is 22.8 Å². The molecule has 5 nitrogen and oxygen atoms in total. The summed E-state index contributed by atoms with van der Waals surface area (Å²) in [4.78, 5) is 4.39. The molecule has 0 unspecified atom stereocenters. The lowest BCUT2D eigenvalue weighted by Crippen LogP contribution is -2.18. The fourth-order valence-corrected chi connectivity index (χ4v) is 6.04. The molecular formula is C16H13NO4S2. The Labute approximate surface area is 134 Å². The highest BCUT2D eigenvalue weighted by Gasteiger charge is 2.30. The normalized spacial score (nSPS) is 20.4. The maximum absolute atomic E-state index is 12.2. The van der Waals surface area contributed by atoms with Crippen molar-refractivity contribution in [2.24, 2.45) is 0 Å². The van der Waals surface area contributed by atoms with E-state index in [4.69, 9.17) is 0 Å². The number of rotatable bonds is 1. The maximum Gasteiger partial charge on any atom is 0.201 e. The van der Waals surface area contributed by atoms with E-state index in [2.05, 4.69) is 4.98 Å². The fraction of sp³-hybridized carbons (Fsp3) is 0.188. The second-order valence-electron chi connectivity index (χ2n) is 5.68. The molecule has 0 atom stereocenters. The van der Waals surface area contributed by atoms with Gasteiger partial charge in [0.2, 0.25) is 9.84 Å². The van der Waals surface area contributed by atoms with Gasteiger partial charge >= 0.3 is 0 Å². The predicted octanol–water partition coefficient (Wildman–Crippen LogP) is 1.98. The van der Waals surface area contributed by atoms with Gasteiger partial charge in [-0.05, 0) is 30.5 Å². The highest BCUT2D eigenvalue weighted by molar-refractivity contribution is 7.95. The van der Waals surface area contributed by atoms with Gasteiger partial charge in [0, 0.05) is 28.3 Å². The van der Waals surface area contributed by atoms with E-state index in [0.29, 0.717) is 35.1 Å². The number of sulfone groups is 2. The topological polar surface area (TPSA) is 81.2 Å². The summed E-state index contributed by atoms with van der Waals surface area (Å²) in [7, 11) is -6.77. The standard InChI is InChI=1S/C16H13NO4S2/c18-22(19)7-3-4-11-8-12(9-17-16(11)22)14-10-23(20,21)15-6-2-1-5-13(14)15/h1-2,5-6,8-10H,3-4,7H2. The first-order valence-corrected chi connectivity index (χ1v) is 10.4. The molecule has 0 amide bonds. The minimum absolute atomic E-state index is 0.117. The quantitative estimate of drug-likeness (QED) is 0.788. The Hall–Kier alpha value is -1.99. The van der Waals surface area contributed by atoms with Crippen molar-refractivity contribution in [1.82, 2.24) is 4.98 Å². The monoisotopic (exact) mass is 347 g/mol. The molecule has 1 aromatic heterocycles. The number of pyridine rings is 1. The van der Waals surface area contributed by atoms with Crippen LogP contribution in [0.15, 0.2) is 51.9 Å². The van der Waals surface area contributed by atoms with Crippen LogP contribution in [0.1, 0.15) is 23.1 Å². The van der Waals surface area contributed by atoms with E-state index in [1.807, 2.05) is 0 Å². The van der Waals surface area contributed by atoms with Gasteiger partial charge in [-0.3, -0.25) is 0 Å². The number of benzene rings is 1. The molecule has 2 aliphatic rings. The lowest BCUT2D eigenvalue weighted by atomic mass is 9.99. The number of aromatic nitrogens is 1. The Bertz CT molecular complexity index is 1070. The molecule has 0 spiro atoms. The highest BCUT2D eigenvalue weighted by atomic mass is 32.2. The summed E-state index contributed by atoms with van der Waals surface area (Å²) >= 11 is 0. The summed E-state index contributed by atoms with van der Waals surface area (Å²) in [5, 5.41) is 1.36. The molecule has 1 aromatic carbocycles. The molecule has 2 aliphatic heterocycles. The molecule has 0 saturated carbocycles. The molecule has 0 bridgehead atoms. The Morgan fingerprint density at radius 3 is 2.65 bits per heavy atom. The van der Waals surface area contributed by atoms with Gasteiger partial charge in [0.05, 0.1) is 10.6 Å². The zero-order chi connectivity index (χ0) is 16.2. The average Bonchev–Trinajstić information content (AvgIpc) is 2.79. The third kappa shape index (κ3) is 2.22. The second-order valence-corrected chi connectivity index (χ2v) is 9.47. The first-order valence-electron chi connectivity index (χ1n) is 7.17. The Kier molecular flexibility index (Phi) is 3.01. The van der Waals surface area contributed by atoms with Crippen LogP contribution < -0.4 is 0 Å². The van der Waals surface area contributed by atoms with Crippen LogP contribution in [0.25, 0.3) is 5.57 Å². The predicted molar refractivity (Wildman–Crippen MR) is 85.3 cm³/mol. The number of nitrogens with zero attached hydrogens (tertiary/aromatic N) is 1. The van der Waals surface area contributed by atoms with Gasteiger partial charge in [0.1, 0.15) is 0 Å². The maximum atomic E-state index is 12.2. The van der Waals surface area contributed by atoms with Crippen molar-refractivity contribution in [1.29, 1.82) is 0 Å². The molecule has 0 aliphatic carbocycles. The number of hydrogen-bond donors (Lipinski definition) is 0. The summed E-state index contributed by atoms with van der Waals surface area (Å²) in [5.74, 6) is 0.117. The first kappa shape index (κ1) is 14.6. The highest BCUT2D eigenvalue weighted by Crippen LogP contribution is 2.38. The molecule has 0 radical (unpaired) electrons. The third-order valence-corrected chi connectivity index (χ3v) is 7.44. The summed E-state index contributed by atoms with van der Waals surface area (Å²) in [6, 6.07) is 8.55. The van der Waals surface area contributed by atoms with Crippen LogP contribution in [0.5, 0.6) is 0 Å². The number of hydrogen-bond acceptors (Lipinski definition) is 5. The lowest BCUT2D eigenvalue weighted by Gasteiger charge is -2.16. The van der Waals surface area contributed by atoms with E-state index in [1.165, 1.54) is 11.6 Å². The van der Waals surface area contributed by atoms with Crippen LogP contribution in [-0.4, -0.2) is 27.6 Å². The Morgan fingerprint density at radius 2 is 1.83 bits per heavy atom. The van der Waals surface area contributed by atoms with Crippen LogP contribution in [0.3, 0.4) is 0 Å². The fourth-order valence-electron chi connectivity index (χ4n) is 3.10. The Morgan fingerprint density at radius 1 is 1.04 bits per heavy atom. The lowest BCUT2D eigenvalue weighted by molar-refractivity contribution is 0.581. The summed E-state index contributed by atoms with van der Waals surface area (Å²) < 4.78 is 48.5. The van der Waals surface area contributed by atoms with Crippen LogP contribution in [0.4, 0.5) is 0 Å². The summed E-state index contributed by atoms with van der Waals surface area (Å²) in [6.45, 7) is 0. The summed E-state index contributed by atoms with van der Waals surface area (Å²) in [5.41, 5.74) is 2.50. The van der Waals surface area contributed by atoms with Crippen LogP contribution in [-0.2, 0) is 26.1 Å². The van der Waals surface area contributed by atoms with E-state index in [1.54, 1.807) is 30.3 Å². The van der Waals surface area contributed by atoms with Gasteiger partial charge in [-0.15, -0.1) is 0 Å². The van der Waals surface area contributed by atoms with Crippen LogP contribution in [0.2, 0.25) is 0 Å². The van der Waals surface area contributed by atoms with Crippen molar-refractivity contribution in [3.05, 3.63) is 58.6 Å². The molecule has 7 heteroatoms. The molecule has 3 heterocycles. The molecule has 0 saturated heterocycles. The van der Waals surface area contributed by atoms with Crippen molar-refractivity contribution < 1.29 is 16.8 Å². The van der Waals surface area contributed by atoms with Crippen molar-refractivity contribution in [2.75, 3.05) is 5.75 Å². The second kappa shape index (κ2) is 4.75. The van der Waals surface area contributed by atoms with Gasteiger partial charge in [-0.1, -0.05) is 18.2 Å². The smallest absolute Gasteiger partial charge is 0.201 e. The van der Waals surface area contributed by atoms with Gasteiger partial charge < -0.3 is 0 Å². The van der Waals surface area contributed by atoms with E-state index in [-0.39, 0.29) is 15.7 Å². The SMILES string of the molecule is O=S1(=O)C=C(c2cnc3c(c2)CCCS3(=O)=O)c2ccccc21. The summed E-state index contributed by atoms with van der Waals surface area (Å²) in [6.07, 6.45) is 2.65. The van der Waals surface area contributed by atoms with E-state index in [9.17, 15) is 16.8 Å². The number of fused-ring (bicyclic) bond motifs is 2. The third-order valence-electron chi connectivity index (χ3n) is 4.15. The molecule has 4 rings (SSSR count). The zero-order valence-corrected chi connectivity index (χ0v) is 13.7. The number of aryl methyl sites for hydroxylation is 1. The minimum atomic E-state index is -3.46. The molecule has 118 valence electrons. The zero-order valence-electron chi connectivity index (χ0n) is 12.1. The van der Waals surface area contributed by atoms with Gasteiger partial charge in [-0.2, -0.15) is 0 Å². The molecule has 2 aromatic rings.